The third-order valence-electron chi connectivity index (χ3n) is 3.56. The van der Waals surface area contributed by atoms with Crippen LogP contribution in [0.15, 0.2) is 12.3 Å². The quantitative estimate of drug-likeness (QED) is 0.725. The minimum Gasteiger partial charge on any atom is -0.311 e. The Kier molecular flexibility index (Phi) is 4.87. The third-order valence-corrected chi connectivity index (χ3v) is 3.56. The van der Waals surface area contributed by atoms with Crippen molar-refractivity contribution in [2.75, 3.05) is 6.54 Å². The molecule has 1 aliphatic rings. The van der Waals surface area contributed by atoms with Crippen LogP contribution in [0.5, 0.6) is 0 Å². The Bertz CT molecular complexity index is 263. The van der Waals surface area contributed by atoms with Gasteiger partial charge >= 0.3 is 0 Å². The normalized spacial score (nSPS) is 17.8. The molecule has 3 heteroatoms. The van der Waals surface area contributed by atoms with Gasteiger partial charge in [0.15, 0.2) is 0 Å². The van der Waals surface area contributed by atoms with Gasteiger partial charge in [-0.3, -0.25) is 5.10 Å². The Labute approximate surface area is 98.0 Å². The van der Waals surface area contributed by atoms with Crippen molar-refractivity contribution in [3.8, 4) is 0 Å². The van der Waals surface area contributed by atoms with Gasteiger partial charge in [0.05, 0.1) is 0 Å². The average molecular weight is 221 g/mol. The van der Waals surface area contributed by atoms with Crippen LogP contribution in [0.1, 0.15) is 50.6 Å². The molecule has 0 amide bonds. The van der Waals surface area contributed by atoms with Gasteiger partial charge in [-0.15, -0.1) is 0 Å². The van der Waals surface area contributed by atoms with E-state index in [1.165, 1.54) is 50.6 Å². The monoisotopic (exact) mass is 221 g/mol. The molecule has 0 saturated heterocycles. The third kappa shape index (κ3) is 3.97. The van der Waals surface area contributed by atoms with Crippen LogP contribution in [0, 0.1) is 5.92 Å². The molecule has 0 aromatic carbocycles. The summed E-state index contributed by atoms with van der Waals surface area (Å²) in [4.78, 5) is 0. The number of hydrogen-bond donors (Lipinski definition) is 2. The fraction of sp³-hybridized carbons (Fsp3) is 0.769. The van der Waals surface area contributed by atoms with Crippen molar-refractivity contribution in [3.05, 3.63) is 18.0 Å². The lowest BCUT2D eigenvalue weighted by Gasteiger charge is -2.21. The number of hydrogen-bond acceptors (Lipinski definition) is 2. The van der Waals surface area contributed by atoms with Crippen LogP contribution in [0.25, 0.3) is 0 Å². The van der Waals surface area contributed by atoms with Crippen molar-refractivity contribution < 1.29 is 0 Å². The minimum absolute atomic E-state index is 0.921. The van der Waals surface area contributed by atoms with Crippen molar-refractivity contribution in [1.29, 1.82) is 0 Å². The Morgan fingerprint density at radius 3 is 2.94 bits per heavy atom. The van der Waals surface area contributed by atoms with E-state index in [-0.39, 0.29) is 0 Å². The Morgan fingerprint density at radius 2 is 2.19 bits per heavy atom. The Hall–Kier alpha value is -0.830. The Morgan fingerprint density at radius 1 is 1.31 bits per heavy atom. The van der Waals surface area contributed by atoms with E-state index in [1.54, 1.807) is 6.20 Å². The molecule has 0 unspecified atom stereocenters. The van der Waals surface area contributed by atoms with E-state index < -0.39 is 0 Å². The zero-order chi connectivity index (χ0) is 11.1. The first-order valence-electron chi connectivity index (χ1n) is 6.64. The predicted octanol–water partition coefficient (Wildman–Crippen LogP) is 2.86. The van der Waals surface area contributed by atoms with E-state index in [4.69, 9.17) is 0 Å². The first-order valence-corrected chi connectivity index (χ1v) is 6.64. The molecule has 1 aliphatic carbocycles. The highest BCUT2D eigenvalue weighted by atomic mass is 15.1. The van der Waals surface area contributed by atoms with Gasteiger partial charge < -0.3 is 5.32 Å². The van der Waals surface area contributed by atoms with E-state index in [9.17, 15) is 0 Å². The average Bonchev–Trinajstić information content (AvgIpc) is 2.83. The zero-order valence-electron chi connectivity index (χ0n) is 10.0. The second-order valence-corrected chi connectivity index (χ2v) is 4.90. The van der Waals surface area contributed by atoms with E-state index in [0.29, 0.717) is 0 Å². The molecule has 0 radical (unpaired) electrons. The number of nitrogens with zero attached hydrogens (tertiary/aromatic N) is 1. The van der Waals surface area contributed by atoms with Crippen molar-refractivity contribution in [3.63, 3.8) is 0 Å². The number of nitrogens with one attached hydrogen (secondary N) is 2. The molecule has 3 nitrogen and oxygen atoms in total. The van der Waals surface area contributed by atoms with Crippen LogP contribution in [0.4, 0.5) is 0 Å². The summed E-state index contributed by atoms with van der Waals surface area (Å²) in [5.74, 6) is 1.02. The summed E-state index contributed by atoms with van der Waals surface area (Å²) in [6, 6.07) is 2.02. The zero-order valence-corrected chi connectivity index (χ0v) is 10.0. The standard InChI is InChI=1S/C13H23N3/c1-2-5-12(6-3-1)7-4-9-14-11-13-8-10-15-16-13/h8,10,12,14H,1-7,9,11H2,(H,15,16). The summed E-state index contributed by atoms with van der Waals surface area (Å²) in [5, 5.41) is 10.4. The van der Waals surface area contributed by atoms with E-state index in [1.807, 2.05) is 6.07 Å². The van der Waals surface area contributed by atoms with E-state index >= 15 is 0 Å². The predicted molar refractivity (Wildman–Crippen MR) is 66.1 cm³/mol. The van der Waals surface area contributed by atoms with E-state index in [2.05, 4.69) is 15.5 Å². The van der Waals surface area contributed by atoms with Crippen molar-refractivity contribution in [2.24, 2.45) is 5.92 Å². The highest BCUT2D eigenvalue weighted by molar-refractivity contribution is 4.96. The molecule has 1 aromatic heterocycles. The molecule has 90 valence electrons. The minimum atomic E-state index is 0.921. The van der Waals surface area contributed by atoms with Crippen LogP contribution >= 0.6 is 0 Å². The van der Waals surface area contributed by atoms with Gasteiger partial charge in [-0.1, -0.05) is 32.1 Å². The van der Waals surface area contributed by atoms with Gasteiger partial charge in [-0.05, 0) is 31.4 Å². The molecule has 0 atom stereocenters. The number of rotatable bonds is 6. The first kappa shape index (κ1) is 11.6. The van der Waals surface area contributed by atoms with Gasteiger partial charge in [0.25, 0.3) is 0 Å². The number of H-pyrrole nitrogens is 1. The topological polar surface area (TPSA) is 40.7 Å². The summed E-state index contributed by atoms with van der Waals surface area (Å²) in [7, 11) is 0. The summed E-state index contributed by atoms with van der Waals surface area (Å²) < 4.78 is 0. The molecule has 0 bridgehead atoms. The van der Waals surface area contributed by atoms with Crippen LogP contribution in [-0.2, 0) is 6.54 Å². The molecule has 0 spiro atoms. The fourth-order valence-corrected chi connectivity index (χ4v) is 2.60. The molecule has 1 saturated carbocycles. The van der Waals surface area contributed by atoms with Crippen LogP contribution < -0.4 is 5.32 Å². The number of aromatic amines is 1. The molecule has 16 heavy (non-hydrogen) atoms. The van der Waals surface area contributed by atoms with Crippen molar-refractivity contribution in [2.45, 2.75) is 51.5 Å². The van der Waals surface area contributed by atoms with Gasteiger partial charge in [0.1, 0.15) is 0 Å². The molecule has 1 aromatic rings. The maximum absolute atomic E-state index is 3.93. The smallest absolute Gasteiger partial charge is 0.0490 e. The van der Waals surface area contributed by atoms with Crippen LogP contribution in [0.3, 0.4) is 0 Å². The summed E-state index contributed by atoms with van der Waals surface area (Å²) >= 11 is 0. The highest BCUT2D eigenvalue weighted by Crippen LogP contribution is 2.26. The summed E-state index contributed by atoms with van der Waals surface area (Å²) in [6.07, 6.45) is 11.9. The summed E-state index contributed by atoms with van der Waals surface area (Å²) in [5.41, 5.74) is 1.18. The molecule has 0 aliphatic heterocycles. The van der Waals surface area contributed by atoms with E-state index in [0.717, 1.165) is 19.0 Å². The first-order chi connectivity index (χ1) is 7.95. The molecule has 1 heterocycles. The Balaban J connectivity index is 1.48. The summed E-state index contributed by atoms with van der Waals surface area (Å²) in [6.45, 7) is 2.06. The van der Waals surface area contributed by atoms with Crippen LogP contribution in [0.2, 0.25) is 0 Å². The van der Waals surface area contributed by atoms with Gasteiger partial charge in [0, 0.05) is 18.4 Å². The second-order valence-electron chi connectivity index (χ2n) is 4.90. The molecule has 2 rings (SSSR count). The lowest BCUT2D eigenvalue weighted by atomic mass is 9.86. The molecular formula is C13H23N3. The maximum atomic E-state index is 3.93. The second kappa shape index (κ2) is 6.69. The SMILES string of the molecule is c1cc(CNCCCC2CCCCC2)[nH]n1. The molecular weight excluding hydrogens is 198 g/mol. The molecule has 2 N–H and O–H groups in total. The fourth-order valence-electron chi connectivity index (χ4n) is 2.60. The lowest BCUT2D eigenvalue weighted by Crippen LogP contribution is -2.16. The number of aromatic nitrogens is 2. The van der Waals surface area contributed by atoms with Gasteiger partial charge in [-0.2, -0.15) is 5.10 Å². The molecule has 1 fully saturated rings. The highest BCUT2D eigenvalue weighted by Gasteiger charge is 2.12. The van der Waals surface area contributed by atoms with Crippen molar-refractivity contribution in [1.82, 2.24) is 15.5 Å². The van der Waals surface area contributed by atoms with Crippen LogP contribution in [-0.4, -0.2) is 16.7 Å². The lowest BCUT2D eigenvalue weighted by molar-refractivity contribution is 0.330. The van der Waals surface area contributed by atoms with Gasteiger partial charge in [-0.25, -0.2) is 0 Å². The largest absolute Gasteiger partial charge is 0.311 e. The van der Waals surface area contributed by atoms with Gasteiger partial charge in [0.2, 0.25) is 0 Å². The van der Waals surface area contributed by atoms with Crippen molar-refractivity contribution >= 4 is 0 Å². The maximum Gasteiger partial charge on any atom is 0.0490 e.